The van der Waals surface area contributed by atoms with Crippen molar-refractivity contribution in [2.24, 2.45) is 0 Å². The fraction of sp³-hybridized carbons (Fsp3) is 0.588. The van der Waals surface area contributed by atoms with E-state index in [1.165, 1.54) is 10.4 Å². The van der Waals surface area contributed by atoms with E-state index in [4.69, 9.17) is 9.26 Å². The lowest BCUT2D eigenvalue weighted by Gasteiger charge is -2.33. The molecule has 1 saturated heterocycles. The third-order valence-corrected chi connectivity index (χ3v) is 5.86. The topological polar surface area (TPSA) is 68.5 Å². The maximum atomic E-state index is 12.8. The summed E-state index contributed by atoms with van der Waals surface area (Å²) in [6.45, 7) is 3.96. The lowest BCUT2D eigenvalue weighted by Crippen LogP contribution is -2.40. The number of likely N-dealkylation sites (tertiary alicyclic amines) is 1. The summed E-state index contributed by atoms with van der Waals surface area (Å²) >= 11 is 1.69. The van der Waals surface area contributed by atoms with Crippen LogP contribution in [0.15, 0.2) is 16.0 Å². The second kappa shape index (κ2) is 6.64. The summed E-state index contributed by atoms with van der Waals surface area (Å²) in [6, 6.07) is 2.15. The summed E-state index contributed by atoms with van der Waals surface area (Å²) in [5, 5.41) is 6.11. The zero-order valence-electron chi connectivity index (χ0n) is 13.7. The fourth-order valence-electron chi connectivity index (χ4n) is 3.56. The van der Waals surface area contributed by atoms with Crippen molar-refractivity contribution in [2.75, 3.05) is 19.7 Å². The minimum atomic E-state index is -0.0888. The number of nitrogens with zero attached hydrogens (tertiary/aromatic N) is 3. The molecule has 0 aliphatic carbocycles. The molecule has 2 unspecified atom stereocenters. The molecule has 2 aliphatic rings. The molecule has 7 heteroatoms. The van der Waals surface area contributed by atoms with Gasteiger partial charge in [-0.3, -0.25) is 4.79 Å². The third kappa shape index (κ3) is 3.10. The lowest BCUT2D eigenvalue weighted by atomic mass is 9.96. The Morgan fingerprint density at radius 3 is 3.25 bits per heavy atom. The van der Waals surface area contributed by atoms with Crippen LogP contribution in [0.5, 0.6) is 0 Å². The van der Waals surface area contributed by atoms with Crippen LogP contribution in [0.1, 0.15) is 53.4 Å². The molecular weight excluding hydrogens is 326 g/mol. The molecule has 6 nitrogen and oxygen atoms in total. The number of aromatic nitrogens is 2. The number of carbonyl (C=O) groups excluding carboxylic acids is 1. The number of thiophene rings is 1. The second-order valence-corrected chi connectivity index (χ2v) is 7.42. The van der Waals surface area contributed by atoms with E-state index in [0.29, 0.717) is 25.5 Å². The fourth-order valence-corrected chi connectivity index (χ4v) is 4.56. The molecule has 2 aromatic rings. The third-order valence-electron chi connectivity index (χ3n) is 4.81. The van der Waals surface area contributed by atoms with E-state index in [1.54, 1.807) is 18.3 Å². The van der Waals surface area contributed by atoms with E-state index < -0.39 is 0 Å². The van der Waals surface area contributed by atoms with Crippen molar-refractivity contribution in [3.63, 3.8) is 0 Å². The lowest BCUT2D eigenvalue weighted by molar-refractivity contribution is -0.135. The number of ether oxygens (including phenoxy) is 1. The van der Waals surface area contributed by atoms with Crippen LogP contribution in [0.3, 0.4) is 0 Å². The molecule has 0 bridgehead atoms. The molecule has 0 saturated carbocycles. The van der Waals surface area contributed by atoms with Crippen LogP contribution < -0.4 is 0 Å². The SMILES string of the molecule is Cc1nc(C2CCCN(C(=O)CC3OCCc4ccsc43)C2)no1. The van der Waals surface area contributed by atoms with E-state index >= 15 is 0 Å². The monoisotopic (exact) mass is 347 g/mol. The van der Waals surface area contributed by atoms with Gasteiger partial charge in [0.05, 0.1) is 13.0 Å². The quantitative estimate of drug-likeness (QED) is 0.854. The van der Waals surface area contributed by atoms with Crippen LogP contribution in [-0.2, 0) is 16.0 Å². The minimum absolute atomic E-state index is 0.0888. The number of hydrogen-bond donors (Lipinski definition) is 0. The molecule has 4 rings (SSSR count). The average Bonchev–Trinajstić information content (AvgIpc) is 3.24. The average molecular weight is 347 g/mol. The Bertz CT molecular complexity index is 726. The highest BCUT2D eigenvalue weighted by Gasteiger charge is 2.31. The van der Waals surface area contributed by atoms with Gasteiger partial charge in [0, 0.05) is 30.8 Å². The zero-order chi connectivity index (χ0) is 16.5. The molecule has 128 valence electrons. The van der Waals surface area contributed by atoms with Gasteiger partial charge in [0.2, 0.25) is 11.8 Å². The van der Waals surface area contributed by atoms with E-state index in [0.717, 1.165) is 31.6 Å². The van der Waals surface area contributed by atoms with Crippen LogP contribution in [0.4, 0.5) is 0 Å². The Morgan fingerprint density at radius 1 is 1.50 bits per heavy atom. The predicted octanol–water partition coefficient (Wildman–Crippen LogP) is 2.85. The van der Waals surface area contributed by atoms with Gasteiger partial charge in [-0.25, -0.2) is 0 Å². The van der Waals surface area contributed by atoms with Crippen LogP contribution in [-0.4, -0.2) is 40.6 Å². The van der Waals surface area contributed by atoms with Crippen molar-refractivity contribution in [1.29, 1.82) is 0 Å². The molecule has 0 aromatic carbocycles. The number of fused-ring (bicyclic) bond motifs is 1. The maximum Gasteiger partial charge on any atom is 0.225 e. The van der Waals surface area contributed by atoms with Crippen molar-refractivity contribution < 1.29 is 14.1 Å². The number of rotatable bonds is 3. The van der Waals surface area contributed by atoms with E-state index in [-0.39, 0.29) is 17.9 Å². The molecule has 24 heavy (non-hydrogen) atoms. The van der Waals surface area contributed by atoms with Gasteiger partial charge in [-0.2, -0.15) is 4.98 Å². The highest BCUT2D eigenvalue weighted by atomic mass is 32.1. The van der Waals surface area contributed by atoms with Crippen molar-refractivity contribution >= 4 is 17.2 Å². The number of amides is 1. The Kier molecular flexibility index (Phi) is 4.37. The number of carbonyl (C=O) groups is 1. The first-order valence-corrected chi connectivity index (χ1v) is 9.34. The van der Waals surface area contributed by atoms with Crippen LogP contribution in [0.25, 0.3) is 0 Å². The van der Waals surface area contributed by atoms with Gasteiger partial charge in [0.25, 0.3) is 0 Å². The molecule has 0 spiro atoms. The summed E-state index contributed by atoms with van der Waals surface area (Å²) in [5.74, 6) is 1.63. The number of aryl methyl sites for hydroxylation is 1. The molecule has 2 aromatic heterocycles. The first-order valence-electron chi connectivity index (χ1n) is 8.46. The summed E-state index contributed by atoms with van der Waals surface area (Å²) < 4.78 is 10.9. The molecule has 4 heterocycles. The Hall–Kier alpha value is -1.73. The second-order valence-electron chi connectivity index (χ2n) is 6.47. The predicted molar refractivity (Wildman–Crippen MR) is 88.9 cm³/mol. The van der Waals surface area contributed by atoms with Crippen molar-refractivity contribution in [3.8, 4) is 0 Å². The molecule has 1 amide bonds. The van der Waals surface area contributed by atoms with E-state index in [2.05, 4.69) is 21.6 Å². The van der Waals surface area contributed by atoms with Crippen molar-refractivity contribution in [2.45, 2.75) is 44.6 Å². The van der Waals surface area contributed by atoms with Gasteiger partial charge in [-0.1, -0.05) is 5.16 Å². The van der Waals surface area contributed by atoms with Gasteiger partial charge >= 0.3 is 0 Å². The molecular formula is C17H21N3O3S. The Morgan fingerprint density at radius 2 is 2.42 bits per heavy atom. The number of piperidine rings is 1. The smallest absolute Gasteiger partial charge is 0.225 e. The van der Waals surface area contributed by atoms with E-state index in [1.807, 2.05) is 4.90 Å². The summed E-state index contributed by atoms with van der Waals surface area (Å²) in [7, 11) is 0. The van der Waals surface area contributed by atoms with Crippen LogP contribution in [0, 0.1) is 6.92 Å². The first-order chi connectivity index (χ1) is 11.7. The Labute approximate surface area is 144 Å². The standard InChI is InChI=1S/C17H21N3O3S/c1-11-18-17(19-23-11)13-3-2-6-20(10-13)15(21)9-14-16-12(4-7-22-14)5-8-24-16/h5,8,13-14H,2-4,6-7,9-10H2,1H3. The van der Waals surface area contributed by atoms with Gasteiger partial charge in [0.1, 0.15) is 6.10 Å². The summed E-state index contributed by atoms with van der Waals surface area (Å²) in [6.07, 6.45) is 3.25. The minimum Gasteiger partial charge on any atom is -0.372 e. The van der Waals surface area contributed by atoms with E-state index in [9.17, 15) is 4.79 Å². The molecule has 1 fully saturated rings. The molecule has 0 radical (unpaired) electrons. The largest absolute Gasteiger partial charge is 0.372 e. The molecule has 0 N–H and O–H groups in total. The molecule has 2 atom stereocenters. The summed E-state index contributed by atoms with van der Waals surface area (Å²) in [5.41, 5.74) is 1.34. The molecule has 2 aliphatic heterocycles. The van der Waals surface area contributed by atoms with Crippen molar-refractivity contribution in [1.82, 2.24) is 15.0 Å². The van der Waals surface area contributed by atoms with Gasteiger partial charge < -0.3 is 14.2 Å². The Balaban J connectivity index is 1.42. The maximum absolute atomic E-state index is 12.8. The first kappa shape index (κ1) is 15.8. The highest BCUT2D eigenvalue weighted by Crippen LogP contribution is 2.35. The van der Waals surface area contributed by atoms with Gasteiger partial charge in [-0.15, -0.1) is 11.3 Å². The normalized spacial score (nSPS) is 24.0. The zero-order valence-corrected chi connectivity index (χ0v) is 14.6. The van der Waals surface area contributed by atoms with Crippen molar-refractivity contribution in [3.05, 3.63) is 33.6 Å². The van der Waals surface area contributed by atoms with Crippen LogP contribution in [0.2, 0.25) is 0 Å². The van der Waals surface area contributed by atoms with Crippen LogP contribution >= 0.6 is 11.3 Å². The van der Waals surface area contributed by atoms with Gasteiger partial charge in [-0.05, 0) is 36.3 Å². The summed E-state index contributed by atoms with van der Waals surface area (Å²) in [4.78, 5) is 20.2. The highest BCUT2D eigenvalue weighted by molar-refractivity contribution is 7.10. The van der Waals surface area contributed by atoms with Gasteiger partial charge in [0.15, 0.2) is 5.82 Å². The number of hydrogen-bond acceptors (Lipinski definition) is 6.